The lowest BCUT2D eigenvalue weighted by Crippen LogP contribution is -2.25. The van der Waals surface area contributed by atoms with E-state index in [4.69, 9.17) is 9.47 Å². The van der Waals surface area contributed by atoms with Crippen LogP contribution < -0.4 is 14.8 Å². The van der Waals surface area contributed by atoms with Crippen LogP contribution in [-0.2, 0) is 11.3 Å². The Morgan fingerprint density at radius 1 is 1.04 bits per heavy atom. The molecule has 1 amide bonds. The monoisotopic (exact) mass is 375 g/mol. The van der Waals surface area contributed by atoms with Gasteiger partial charge in [0.15, 0.2) is 11.5 Å². The van der Waals surface area contributed by atoms with Gasteiger partial charge in [0.1, 0.15) is 0 Å². The molecule has 0 bridgehead atoms. The minimum Gasteiger partial charge on any atom is -0.454 e. The molecule has 4 rings (SSSR count). The highest BCUT2D eigenvalue weighted by Crippen LogP contribution is 2.37. The van der Waals surface area contributed by atoms with E-state index in [-0.39, 0.29) is 18.6 Å². The van der Waals surface area contributed by atoms with Gasteiger partial charge in [0.05, 0.1) is 24.1 Å². The molecule has 1 atom stereocenters. The van der Waals surface area contributed by atoms with Crippen molar-refractivity contribution in [3.05, 3.63) is 83.4 Å². The van der Waals surface area contributed by atoms with E-state index in [0.717, 1.165) is 28.3 Å². The fraction of sp³-hybridized carbons (Fsp3) is 0.227. The maximum Gasteiger partial charge on any atom is 0.231 e. The van der Waals surface area contributed by atoms with Crippen LogP contribution in [0.4, 0.5) is 0 Å². The second-order valence-corrected chi connectivity index (χ2v) is 6.71. The van der Waals surface area contributed by atoms with Gasteiger partial charge >= 0.3 is 0 Å². The van der Waals surface area contributed by atoms with Gasteiger partial charge in [0.2, 0.25) is 12.7 Å². The summed E-state index contributed by atoms with van der Waals surface area (Å²) in [5.74, 6) is 1.32. The molecule has 2 heterocycles. The minimum atomic E-state index is -0.0835. The predicted octanol–water partition coefficient (Wildman–Crippen LogP) is 3.35. The Balaban J connectivity index is 1.51. The second kappa shape index (κ2) is 8.08. The highest BCUT2D eigenvalue weighted by Gasteiger charge is 2.22. The summed E-state index contributed by atoms with van der Waals surface area (Å²) in [5, 5.41) is 2.94. The maximum atomic E-state index is 12.7. The zero-order valence-electron chi connectivity index (χ0n) is 15.6. The lowest BCUT2D eigenvalue weighted by atomic mass is 9.88. The lowest BCUT2D eigenvalue weighted by molar-refractivity contribution is -0.121. The van der Waals surface area contributed by atoms with Crippen LogP contribution in [0.15, 0.2) is 60.9 Å². The standard InChI is InChI=1S/C22H21N3O3/c1-15-11-24-18(12-23-15)13-25-22(26)10-19(16-5-3-2-4-6-16)17-7-8-20-21(9-17)28-14-27-20/h2-9,11-12,19H,10,13-14H2,1H3,(H,25,26). The summed E-state index contributed by atoms with van der Waals surface area (Å²) in [5.41, 5.74) is 3.67. The molecule has 0 radical (unpaired) electrons. The van der Waals surface area contributed by atoms with Crippen LogP contribution in [0.1, 0.15) is 34.9 Å². The predicted molar refractivity (Wildman–Crippen MR) is 104 cm³/mol. The van der Waals surface area contributed by atoms with Gasteiger partial charge in [0.25, 0.3) is 0 Å². The third kappa shape index (κ3) is 4.11. The first-order valence-corrected chi connectivity index (χ1v) is 9.18. The fourth-order valence-electron chi connectivity index (χ4n) is 3.20. The summed E-state index contributed by atoms with van der Waals surface area (Å²) in [6.45, 7) is 2.47. The topological polar surface area (TPSA) is 73.3 Å². The van der Waals surface area contributed by atoms with E-state index in [9.17, 15) is 4.79 Å². The van der Waals surface area contributed by atoms with Gasteiger partial charge in [-0.25, -0.2) is 0 Å². The van der Waals surface area contributed by atoms with E-state index >= 15 is 0 Å². The first-order valence-electron chi connectivity index (χ1n) is 9.18. The van der Waals surface area contributed by atoms with Crippen LogP contribution in [0.2, 0.25) is 0 Å². The Hall–Kier alpha value is -3.41. The number of rotatable bonds is 6. The molecule has 0 spiro atoms. The quantitative estimate of drug-likeness (QED) is 0.715. The smallest absolute Gasteiger partial charge is 0.231 e. The number of hydrogen-bond acceptors (Lipinski definition) is 5. The van der Waals surface area contributed by atoms with E-state index in [2.05, 4.69) is 15.3 Å². The number of benzene rings is 2. The number of carbonyl (C=O) groups excluding carboxylic acids is 1. The summed E-state index contributed by atoms with van der Waals surface area (Å²) in [7, 11) is 0. The molecule has 0 saturated carbocycles. The molecule has 3 aromatic rings. The second-order valence-electron chi connectivity index (χ2n) is 6.71. The van der Waals surface area contributed by atoms with Crippen LogP contribution in [0, 0.1) is 6.92 Å². The van der Waals surface area contributed by atoms with Crippen molar-refractivity contribution >= 4 is 5.91 Å². The minimum absolute atomic E-state index is 0.0473. The van der Waals surface area contributed by atoms with Gasteiger partial charge in [-0.3, -0.25) is 14.8 Å². The molecule has 1 N–H and O–H groups in total. The molecular weight excluding hydrogens is 354 g/mol. The number of aryl methyl sites for hydroxylation is 1. The first-order chi connectivity index (χ1) is 13.7. The summed E-state index contributed by atoms with van der Waals surface area (Å²) in [6.07, 6.45) is 3.70. The van der Waals surface area contributed by atoms with Crippen molar-refractivity contribution in [2.75, 3.05) is 6.79 Å². The number of nitrogens with zero attached hydrogens (tertiary/aromatic N) is 2. The van der Waals surface area contributed by atoms with Crippen LogP contribution in [0.25, 0.3) is 0 Å². The summed E-state index contributed by atoms with van der Waals surface area (Å²) < 4.78 is 10.9. The Labute approximate surface area is 163 Å². The van der Waals surface area contributed by atoms with Crippen molar-refractivity contribution in [1.82, 2.24) is 15.3 Å². The molecule has 142 valence electrons. The zero-order chi connectivity index (χ0) is 19.3. The molecule has 1 aromatic heterocycles. The molecule has 1 aliphatic heterocycles. The molecule has 2 aromatic carbocycles. The van der Waals surface area contributed by atoms with Gasteiger partial charge in [0, 0.05) is 18.5 Å². The van der Waals surface area contributed by atoms with Crippen molar-refractivity contribution in [3.8, 4) is 11.5 Å². The Morgan fingerprint density at radius 2 is 1.86 bits per heavy atom. The highest BCUT2D eigenvalue weighted by molar-refractivity contribution is 5.77. The van der Waals surface area contributed by atoms with E-state index < -0.39 is 0 Å². The van der Waals surface area contributed by atoms with Gasteiger partial charge < -0.3 is 14.8 Å². The molecule has 0 saturated heterocycles. The summed E-state index contributed by atoms with van der Waals surface area (Å²) in [4.78, 5) is 21.1. The average molecular weight is 375 g/mol. The molecule has 1 unspecified atom stereocenters. The number of amides is 1. The Bertz CT molecular complexity index is 959. The SMILES string of the molecule is Cc1cnc(CNC(=O)CC(c2ccccc2)c2ccc3c(c2)OCO3)cn1. The van der Waals surface area contributed by atoms with Crippen LogP contribution in [0.3, 0.4) is 0 Å². The van der Waals surface area contributed by atoms with Crippen LogP contribution in [-0.4, -0.2) is 22.7 Å². The van der Waals surface area contributed by atoms with Crippen molar-refractivity contribution in [2.24, 2.45) is 0 Å². The first kappa shape index (κ1) is 18.0. The van der Waals surface area contributed by atoms with Gasteiger partial charge in [-0.1, -0.05) is 36.4 Å². The number of aromatic nitrogens is 2. The highest BCUT2D eigenvalue weighted by atomic mass is 16.7. The van der Waals surface area contributed by atoms with Crippen molar-refractivity contribution in [2.45, 2.75) is 25.8 Å². The number of carbonyl (C=O) groups is 1. The normalized spacial score (nSPS) is 13.2. The number of ether oxygens (including phenoxy) is 2. The number of hydrogen-bond donors (Lipinski definition) is 1. The molecule has 6 heteroatoms. The number of nitrogens with one attached hydrogen (secondary N) is 1. The van der Waals surface area contributed by atoms with Gasteiger partial charge in [-0.15, -0.1) is 0 Å². The molecule has 6 nitrogen and oxygen atoms in total. The van der Waals surface area contributed by atoms with E-state index in [1.54, 1.807) is 12.4 Å². The Morgan fingerprint density at radius 3 is 2.64 bits per heavy atom. The van der Waals surface area contributed by atoms with Crippen LogP contribution in [0.5, 0.6) is 11.5 Å². The maximum absolute atomic E-state index is 12.7. The van der Waals surface area contributed by atoms with Gasteiger partial charge in [-0.05, 0) is 30.2 Å². The van der Waals surface area contributed by atoms with E-state index in [1.165, 1.54) is 0 Å². The van der Waals surface area contributed by atoms with Crippen molar-refractivity contribution in [1.29, 1.82) is 0 Å². The largest absolute Gasteiger partial charge is 0.454 e. The summed E-state index contributed by atoms with van der Waals surface area (Å²) >= 11 is 0. The molecular formula is C22H21N3O3. The third-order valence-corrected chi connectivity index (χ3v) is 4.69. The summed E-state index contributed by atoms with van der Waals surface area (Å²) in [6, 6.07) is 15.8. The van der Waals surface area contributed by atoms with Crippen molar-refractivity contribution in [3.63, 3.8) is 0 Å². The zero-order valence-corrected chi connectivity index (χ0v) is 15.6. The van der Waals surface area contributed by atoms with E-state index in [0.29, 0.717) is 18.7 Å². The number of fused-ring (bicyclic) bond motifs is 1. The third-order valence-electron chi connectivity index (χ3n) is 4.69. The fourth-order valence-corrected chi connectivity index (χ4v) is 3.20. The molecule has 28 heavy (non-hydrogen) atoms. The molecule has 1 aliphatic rings. The van der Waals surface area contributed by atoms with Gasteiger partial charge in [-0.2, -0.15) is 0 Å². The van der Waals surface area contributed by atoms with E-state index in [1.807, 2.05) is 55.5 Å². The molecule has 0 aliphatic carbocycles. The lowest BCUT2D eigenvalue weighted by Gasteiger charge is -2.18. The van der Waals surface area contributed by atoms with Crippen LogP contribution >= 0.6 is 0 Å². The Kier molecular flexibility index (Phi) is 5.19. The molecule has 0 fully saturated rings. The van der Waals surface area contributed by atoms with Crippen molar-refractivity contribution < 1.29 is 14.3 Å². The average Bonchev–Trinajstić information content (AvgIpc) is 3.20.